The highest BCUT2D eigenvalue weighted by Gasteiger charge is 2.15. The van der Waals surface area contributed by atoms with Crippen LogP contribution < -0.4 is 0 Å². The quantitative estimate of drug-likeness (QED) is 0.743. The Bertz CT molecular complexity index is 461. The Morgan fingerprint density at radius 1 is 1.44 bits per heavy atom. The topological polar surface area (TPSA) is 43.4 Å². The molecule has 0 saturated heterocycles. The minimum Gasteiger partial charge on any atom is -0.266 e. The summed E-state index contributed by atoms with van der Waals surface area (Å²) >= 11 is 0. The second kappa shape index (κ2) is 5.27. The molecule has 0 amide bonds. The summed E-state index contributed by atoms with van der Waals surface area (Å²) in [6.07, 6.45) is 1.60. The molecule has 3 nitrogen and oxygen atoms in total. The second-order valence-corrected chi connectivity index (χ2v) is 5.52. The molecular weight excluding hydrogens is 224 g/mol. The molecule has 4 heteroatoms. The molecule has 0 saturated carbocycles. The van der Waals surface area contributed by atoms with Crippen molar-refractivity contribution in [3.8, 4) is 0 Å². The van der Waals surface area contributed by atoms with Gasteiger partial charge in [0.2, 0.25) is 0 Å². The van der Waals surface area contributed by atoms with E-state index in [0.29, 0.717) is 0 Å². The van der Waals surface area contributed by atoms with Crippen molar-refractivity contribution in [1.29, 1.82) is 0 Å². The highest BCUT2D eigenvalue weighted by atomic mass is 32.2. The largest absolute Gasteiger partial charge is 0.297 e. The Hall–Kier alpha value is -1.13. The smallest absolute Gasteiger partial charge is 0.266 e. The van der Waals surface area contributed by atoms with E-state index in [4.69, 9.17) is 4.18 Å². The van der Waals surface area contributed by atoms with Gasteiger partial charge in [-0.25, -0.2) is 0 Å². The number of rotatable bonds is 5. The highest BCUT2D eigenvalue weighted by Crippen LogP contribution is 2.15. The van der Waals surface area contributed by atoms with E-state index >= 15 is 0 Å². The Morgan fingerprint density at radius 3 is 2.69 bits per heavy atom. The summed E-state index contributed by atoms with van der Waals surface area (Å²) in [5, 5.41) is 0. The molecular formula is C12H16O3S. The Kier molecular flexibility index (Phi) is 4.26. The molecule has 0 spiro atoms. The van der Waals surface area contributed by atoms with Gasteiger partial charge in [0.1, 0.15) is 0 Å². The maximum absolute atomic E-state index is 11.7. The van der Waals surface area contributed by atoms with Crippen LogP contribution in [0.2, 0.25) is 0 Å². The molecule has 0 unspecified atom stereocenters. The van der Waals surface area contributed by atoms with Crippen molar-refractivity contribution >= 4 is 16.2 Å². The van der Waals surface area contributed by atoms with Crippen LogP contribution in [0.25, 0.3) is 6.08 Å². The molecule has 0 atom stereocenters. The zero-order valence-electron chi connectivity index (χ0n) is 9.51. The summed E-state index contributed by atoms with van der Waals surface area (Å²) in [4.78, 5) is 0.172. The predicted octanol–water partition coefficient (Wildman–Crippen LogP) is 2.69. The van der Waals surface area contributed by atoms with E-state index in [0.717, 1.165) is 5.56 Å². The van der Waals surface area contributed by atoms with Crippen LogP contribution in [0.1, 0.15) is 19.4 Å². The van der Waals surface area contributed by atoms with Crippen molar-refractivity contribution in [1.82, 2.24) is 0 Å². The zero-order chi connectivity index (χ0) is 12.2. The van der Waals surface area contributed by atoms with Crippen LogP contribution in [0.3, 0.4) is 0 Å². The van der Waals surface area contributed by atoms with Crippen LogP contribution in [0.5, 0.6) is 0 Å². The average Bonchev–Trinajstić information content (AvgIpc) is 2.27. The van der Waals surface area contributed by atoms with Gasteiger partial charge in [0.05, 0.1) is 11.5 Å². The van der Waals surface area contributed by atoms with Crippen molar-refractivity contribution in [2.45, 2.75) is 18.7 Å². The van der Waals surface area contributed by atoms with Crippen LogP contribution in [0.15, 0.2) is 35.7 Å². The fourth-order valence-corrected chi connectivity index (χ4v) is 2.20. The van der Waals surface area contributed by atoms with Gasteiger partial charge >= 0.3 is 0 Å². The van der Waals surface area contributed by atoms with Gasteiger partial charge in [0.25, 0.3) is 10.1 Å². The van der Waals surface area contributed by atoms with E-state index in [-0.39, 0.29) is 17.4 Å². The van der Waals surface area contributed by atoms with E-state index in [1.165, 1.54) is 6.07 Å². The normalized spacial score (nSPS) is 11.7. The molecule has 1 aromatic carbocycles. The number of benzene rings is 1. The Morgan fingerprint density at radius 2 is 2.12 bits per heavy atom. The van der Waals surface area contributed by atoms with Gasteiger partial charge in [-0.2, -0.15) is 8.42 Å². The lowest BCUT2D eigenvalue weighted by molar-refractivity contribution is 0.275. The third-order valence-electron chi connectivity index (χ3n) is 1.94. The Labute approximate surface area is 96.9 Å². The van der Waals surface area contributed by atoms with Crippen LogP contribution in [0.4, 0.5) is 0 Å². The lowest BCUT2D eigenvalue weighted by atomic mass is 10.2. The first-order valence-electron chi connectivity index (χ1n) is 5.07. The first-order valence-corrected chi connectivity index (χ1v) is 6.48. The van der Waals surface area contributed by atoms with Crippen molar-refractivity contribution in [3.63, 3.8) is 0 Å². The van der Waals surface area contributed by atoms with E-state index in [1.807, 2.05) is 13.8 Å². The van der Waals surface area contributed by atoms with E-state index in [9.17, 15) is 8.42 Å². The first-order chi connectivity index (χ1) is 7.45. The number of hydrogen-bond acceptors (Lipinski definition) is 3. The average molecular weight is 240 g/mol. The fourth-order valence-electron chi connectivity index (χ4n) is 1.09. The summed E-state index contributed by atoms with van der Waals surface area (Å²) < 4.78 is 28.4. The van der Waals surface area contributed by atoms with E-state index in [2.05, 4.69) is 6.58 Å². The van der Waals surface area contributed by atoms with Gasteiger partial charge in [0.15, 0.2) is 0 Å². The third kappa shape index (κ3) is 3.47. The van der Waals surface area contributed by atoms with Crippen molar-refractivity contribution in [3.05, 3.63) is 36.4 Å². The summed E-state index contributed by atoms with van der Waals surface area (Å²) in [5.41, 5.74) is 0.759. The Balaban J connectivity index is 2.93. The van der Waals surface area contributed by atoms with Crippen molar-refractivity contribution < 1.29 is 12.6 Å². The molecule has 0 aliphatic heterocycles. The molecule has 0 bridgehead atoms. The molecule has 0 radical (unpaired) electrons. The predicted molar refractivity (Wildman–Crippen MR) is 64.5 cm³/mol. The summed E-state index contributed by atoms with van der Waals surface area (Å²) in [6.45, 7) is 7.58. The molecule has 16 heavy (non-hydrogen) atoms. The zero-order valence-corrected chi connectivity index (χ0v) is 10.3. The standard InChI is InChI=1S/C12H16O3S/c1-4-11-6-5-7-12(8-11)16(13,14)15-9-10(2)3/h4-8,10H,1,9H2,2-3H3. The molecule has 88 valence electrons. The molecule has 0 N–H and O–H groups in total. The van der Waals surface area contributed by atoms with Crippen LogP contribution in [-0.2, 0) is 14.3 Å². The fraction of sp³-hybridized carbons (Fsp3) is 0.333. The monoisotopic (exact) mass is 240 g/mol. The van der Waals surface area contributed by atoms with Gasteiger partial charge in [-0.1, -0.05) is 38.6 Å². The van der Waals surface area contributed by atoms with Gasteiger partial charge in [-0.15, -0.1) is 0 Å². The summed E-state index contributed by atoms with van der Waals surface area (Å²) in [6, 6.07) is 6.52. The molecule has 0 aliphatic carbocycles. The van der Waals surface area contributed by atoms with Crippen molar-refractivity contribution in [2.24, 2.45) is 5.92 Å². The molecule has 0 fully saturated rings. The molecule has 0 aliphatic rings. The lowest BCUT2D eigenvalue weighted by Crippen LogP contribution is -2.11. The second-order valence-electron chi connectivity index (χ2n) is 3.91. The minimum atomic E-state index is -3.64. The van der Waals surface area contributed by atoms with Crippen LogP contribution >= 0.6 is 0 Å². The SMILES string of the molecule is C=Cc1cccc(S(=O)(=O)OCC(C)C)c1. The van der Waals surface area contributed by atoms with Crippen molar-refractivity contribution in [2.75, 3.05) is 6.61 Å². The minimum absolute atomic E-state index is 0.172. The molecule has 0 heterocycles. The maximum Gasteiger partial charge on any atom is 0.297 e. The summed E-state index contributed by atoms with van der Waals surface area (Å²) in [5.74, 6) is 0.178. The van der Waals surface area contributed by atoms with Crippen LogP contribution in [-0.4, -0.2) is 15.0 Å². The van der Waals surface area contributed by atoms with E-state index < -0.39 is 10.1 Å². The summed E-state index contributed by atoms with van der Waals surface area (Å²) in [7, 11) is -3.64. The van der Waals surface area contributed by atoms with Crippen LogP contribution in [0, 0.1) is 5.92 Å². The lowest BCUT2D eigenvalue weighted by Gasteiger charge is -2.08. The van der Waals surface area contributed by atoms with Gasteiger partial charge in [-0.3, -0.25) is 4.18 Å². The third-order valence-corrected chi connectivity index (χ3v) is 3.22. The van der Waals surface area contributed by atoms with E-state index in [1.54, 1.807) is 24.3 Å². The van der Waals surface area contributed by atoms with Gasteiger partial charge in [-0.05, 0) is 23.6 Å². The highest BCUT2D eigenvalue weighted by molar-refractivity contribution is 7.86. The maximum atomic E-state index is 11.7. The van der Waals surface area contributed by atoms with Gasteiger partial charge in [0, 0.05) is 0 Å². The molecule has 0 aromatic heterocycles. The van der Waals surface area contributed by atoms with Gasteiger partial charge < -0.3 is 0 Å². The first kappa shape index (κ1) is 12.9. The molecule has 1 aromatic rings. The molecule has 1 rings (SSSR count). The number of hydrogen-bond donors (Lipinski definition) is 0.